The molecule has 0 spiro atoms. The van der Waals surface area contributed by atoms with Gasteiger partial charge in [-0.05, 0) is 49.5 Å². The summed E-state index contributed by atoms with van der Waals surface area (Å²) in [5, 5.41) is 0.394. The van der Waals surface area contributed by atoms with E-state index < -0.39 is 12.1 Å². The molecule has 1 aromatic rings. The molecule has 0 saturated carbocycles. The van der Waals surface area contributed by atoms with Gasteiger partial charge in [-0.25, -0.2) is 4.79 Å². The van der Waals surface area contributed by atoms with E-state index in [4.69, 9.17) is 25.8 Å². The minimum absolute atomic E-state index is 0.157. The van der Waals surface area contributed by atoms with Gasteiger partial charge in [0.05, 0.1) is 18.7 Å². The van der Waals surface area contributed by atoms with Crippen LogP contribution in [-0.4, -0.2) is 49.7 Å². The van der Waals surface area contributed by atoms with Crippen LogP contribution in [0.4, 0.5) is 0 Å². The van der Waals surface area contributed by atoms with Gasteiger partial charge < -0.3 is 19.1 Å². The second-order valence-corrected chi connectivity index (χ2v) is 7.59. The molecule has 154 valence electrons. The van der Waals surface area contributed by atoms with Gasteiger partial charge in [-0.15, -0.1) is 0 Å². The summed E-state index contributed by atoms with van der Waals surface area (Å²) in [5.74, 6) is 0.562. The molecule has 28 heavy (non-hydrogen) atoms. The van der Waals surface area contributed by atoms with E-state index in [2.05, 4.69) is 0 Å². The van der Waals surface area contributed by atoms with Gasteiger partial charge in [0.15, 0.2) is 17.6 Å². The van der Waals surface area contributed by atoms with E-state index in [0.29, 0.717) is 34.6 Å². The van der Waals surface area contributed by atoms with Crippen LogP contribution in [0.2, 0.25) is 5.02 Å². The zero-order valence-electron chi connectivity index (χ0n) is 16.9. The molecule has 0 radical (unpaired) electrons. The van der Waals surface area contributed by atoms with Crippen molar-refractivity contribution in [1.82, 2.24) is 4.90 Å². The molecule has 7 heteroatoms. The molecule has 1 aliphatic rings. The second kappa shape index (κ2) is 10.4. The van der Waals surface area contributed by atoms with Gasteiger partial charge in [0.25, 0.3) is 5.91 Å². The molecule has 2 rings (SSSR count). The Kier molecular flexibility index (Phi) is 8.18. The first-order chi connectivity index (χ1) is 13.3. The van der Waals surface area contributed by atoms with Crippen molar-refractivity contribution in [3.05, 3.63) is 28.8 Å². The summed E-state index contributed by atoms with van der Waals surface area (Å²) in [5.41, 5.74) is 0.661. The molecule has 0 aliphatic carbocycles. The zero-order chi connectivity index (χ0) is 20.7. The van der Waals surface area contributed by atoms with Crippen LogP contribution in [0, 0.1) is 5.92 Å². The van der Waals surface area contributed by atoms with Crippen LogP contribution in [-0.2, 0) is 14.3 Å². The van der Waals surface area contributed by atoms with Gasteiger partial charge in [0.2, 0.25) is 0 Å². The van der Waals surface area contributed by atoms with E-state index in [1.54, 1.807) is 30.0 Å². The number of hydrogen-bond donors (Lipinski definition) is 0. The van der Waals surface area contributed by atoms with Crippen molar-refractivity contribution in [1.29, 1.82) is 0 Å². The predicted octanol–water partition coefficient (Wildman–Crippen LogP) is 3.95. The predicted molar refractivity (Wildman–Crippen MR) is 109 cm³/mol. The standard InChI is InChI=1S/C21H28ClNO5/c1-14(2)13-27-20-17(22)11-16(12-18(20)26-4)7-8-19(24)28-15(3)21(25)23-9-5-6-10-23/h7-8,11-12,14-15H,5-6,9-10,13H2,1-4H3/b8-7+/t15-/m1/s1. The Bertz CT molecular complexity index is 726. The number of nitrogens with zero attached hydrogens (tertiary/aromatic N) is 1. The number of esters is 1. The fourth-order valence-corrected chi connectivity index (χ4v) is 3.12. The highest BCUT2D eigenvalue weighted by Crippen LogP contribution is 2.37. The summed E-state index contributed by atoms with van der Waals surface area (Å²) in [4.78, 5) is 26.0. The summed E-state index contributed by atoms with van der Waals surface area (Å²) >= 11 is 6.31. The Morgan fingerprint density at radius 1 is 1.21 bits per heavy atom. The third-order valence-electron chi connectivity index (χ3n) is 4.28. The Balaban J connectivity index is 2.01. The van der Waals surface area contributed by atoms with E-state index in [0.717, 1.165) is 25.9 Å². The highest BCUT2D eigenvalue weighted by Gasteiger charge is 2.25. The van der Waals surface area contributed by atoms with Gasteiger partial charge in [0.1, 0.15) is 0 Å². The molecule has 6 nitrogen and oxygen atoms in total. The molecule has 0 N–H and O–H groups in total. The molecule has 1 aromatic carbocycles. The molecule has 1 aliphatic heterocycles. The largest absolute Gasteiger partial charge is 0.493 e. The molecule has 1 saturated heterocycles. The van der Waals surface area contributed by atoms with E-state index in [-0.39, 0.29) is 5.91 Å². The van der Waals surface area contributed by atoms with Crippen molar-refractivity contribution in [2.45, 2.75) is 39.7 Å². The number of likely N-dealkylation sites (tertiary alicyclic amines) is 1. The lowest BCUT2D eigenvalue weighted by molar-refractivity contribution is -0.154. The average Bonchev–Trinajstić information content (AvgIpc) is 3.18. The van der Waals surface area contributed by atoms with E-state index in [1.807, 2.05) is 13.8 Å². The molecular formula is C21H28ClNO5. The first-order valence-electron chi connectivity index (χ1n) is 9.49. The van der Waals surface area contributed by atoms with Crippen molar-refractivity contribution in [3.63, 3.8) is 0 Å². The summed E-state index contributed by atoms with van der Waals surface area (Å²) in [6.07, 6.45) is 4.02. The maximum absolute atomic E-state index is 12.2. The Morgan fingerprint density at radius 3 is 2.50 bits per heavy atom. The normalized spacial score (nSPS) is 15.1. The Labute approximate surface area is 171 Å². The monoisotopic (exact) mass is 409 g/mol. The molecule has 1 atom stereocenters. The number of halogens is 1. The number of amides is 1. The third kappa shape index (κ3) is 6.16. The fraction of sp³-hybridized carbons (Fsp3) is 0.524. The number of hydrogen-bond acceptors (Lipinski definition) is 5. The summed E-state index contributed by atoms with van der Waals surface area (Å²) in [6, 6.07) is 3.41. The van der Waals surface area contributed by atoms with Crippen LogP contribution >= 0.6 is 11.6 Å². The Hall–Kier alpha value is -2.21. The number of methoxy groups -OCH3 is 1. The quantitative estimate of drug-likeness (QED) is 0.480. The SMILES string of the molecule is COc1cc(/C=C/C(=O)O[C@H](C)C(=O)N2CCCC2)cc(Cl)c1OCC(C)C. The van der Waals surface area contributed by atoms with Gasteiger partial charge >= 0.3 is 5.97 Å². The van der Waals surface area contributed by atoms with Crippen molar-refractivity contribution in [3.8, 4) is 11.5 Å². The van der Waals surface area contributed by atoms with Crippen LogP contribution < -0.4 is 9.47 Å². The molecule has 1 amide bonds. The van der Waals surface area contributed by atoms with Crippen LogP contribution in [0.1, 0.15) is 39.2 Å². The number of ether oxygens (including phenoxy) is 3. The van der Waals surface area contributed by atoms with Crippen molar-refractivity contribution in [2.75, 3.05) is 26.8 Å². The molecule has 0 bridgehead atoms. The first kappa shape index (κ1) is 22.1. The molecule has 1 heterocycles. The number of rotatable bonds is 8. The lowest BCUT2D eigenvalue weighted by atomic mass is 10.2. The smallest absolute Gasteiger partial charge is 0.331 e. The Morgan fingerprint density at radius 2 is 1.89 bits per heavy atom. The zero-order valence-corrected chi connectivity index (χ0v) is 17.6. The number of benzene rings is 1. The third-order valence-corrected chi connectivity index (χ3v) is 4.56. The molecule has 0 unspecified atom stereocenters. The van der Waals surface area contributed by atoms with Crippen molar-refractivity contribution >= 4 is 29.6 Å². The van der Waals surface area contributed by atoms with Crippen LogP contribution in [0.25, 0.3) is 6.08 Å². The highest BCUT2D eigenvalue weighted by atomic mass is 35.5. The van der Waals surface area contributed by atoms with Gasteiger partial charge in [0, 0.05) is 19.2 Å². The minimum Gasteiger partial charge on any atom is -0.493 e. The van der Waals surface area contributed by atoms with Gasteiger partial charge in [-0.2, -0.15) is 0 Å². The summed E-state index contributed by atoms with van der Waals surface area (Å²) < 4.78 is 16.3. The maximum atomic E-state index is 12.2. The van der Waals surface area contributed by atoms with Gasteiger partial charge in [-0.3, -0.25) is 4.79 Å². The maximum Gasteiger partial charge on any atom is 0.331 e. The van der Waals surface area contributed by atoms with Gasteiger partial charge in [-0.1, -0.05) is 25.4 Å². The lowest BCUT2D eigenvalue weighted by Crippen LogP contribution is -2.37. The summed E-state index contributed by atoms with van der Waals surface area (Å²) in [6.45, 7) is 7.63. The van der Waals surface area contributed by atoms with E-state index >= 15 is 0 Å². The number of carbonyl (C=O) groups excluding carboxylic acids is 2. The van der Waals surface area contributed by atoms with E-state index in [9.17, 15) is 9.59 Å². The van der Waals surface area contributed by atoms with E-state index in [1.165, 1.54) is 13.2 Å². The fourth-order valence-electron chi connectivity index (χ4n) is 2.85. The summed E-state index contributed by atoms with van der Waals surface area (Å²) in [7, 11) is 1.53. The number of carbonyl (C=O) groups is 2. The highest BCUT2D eigenvalue weighted by molar-refractivity contribution is 6.32. The van der Waals surface area contributed by atoms with Crippen LogP contribution in [0.5, 0.6) is 11.5 Å². The van der Waals surface area contributed by atoms with Crippen LogP contribution in [0.3, 0.4) is 0 Å². The molecule has 0 aromatic heterocycles. The van der Waals surface area contributed by atoms with Crippen molar-refractivity contribution in [2.24, 2.45) is 5.92 Å². The van der Waals surface area contributed by atoms with Crippen LogP contribution in [0.15, 0.2) is 18.2 Å². The molecular weight excluding hydrogens is 382 g/mol. The molecule has 1 fully saturated rings. The first-order valence-corrected chi connectivity index (χ1v) is 9.87. The topological polar surface area (TPSA) is 65.1 Å². The second-order valence-electron chi connectivity index (χ2n) is 7.18. The van der Waals surface area contributed by atoms with Crippen molar-refractivity contribution < 1.29 is 23.8 Å². The lowest BCUT2D eigenvalue weighted by Gasteiger charge is -2.19. The average molecular weight is 410 g/mol. The minimum atomic E-state index is -0.805.